The third kappa shape index (κ3) is 3.85. The largest absolute Gasteiger partial charge is 0.338 e. The van der Waals surface area contributed by atoms with E-state index in [-0.39, 0.29) is 11.9 Å². The Balaban J connectivity index is 1.80. The molecule has 0 spiro atoms. The molecule has 0 radical (unpaired) electrons. The van der Waals surface area contributed by atoms with Crippen molar-refractivity contribution < 1.29 is 4.79 Å². The molecule has 0 aromatic heterocycles. The van der Waals surface area contributed by atoms with E-state index in [1.165, 1.54) is 5.56 Å². The number of carbonyl (C=O) groups is 1. The fraction of sp³-hybridized carbons (Fsp3) is 0.381. The van der Waals surface area contributed by atoms with Gasteiger partial charge in [0.2, 0.25) is 0 Å². The van der Waals surface area contributed by atoms with Crippen LogP contribution >= 0.6 is 0 Å². The zero-order valence-electron chi connectivity index (χ0n) is 14.3. The summed E-state index contributed by atoms with van der Waals surface area (Å²) in [5.74, 6) is 0.552. The van der Waals surface area contributed by atoms with Crippen molar-refractivity contribution in [2.45, 2.75) is 32.2 Å². The van der Waals surface area contributed by atoms with Crippen molar-refractivity contribution in [3.05, 3.63) is 71.3 Å². The van der Waals surface area contributed by atoms with Crippen LogP contribution in [0.25, 0.3) is 0 Å². The lowest BCUT2D eigenvalue weighted by atomic mass is 9.91. The standard InChI is InChI=1S/C21H26N2O/c1-16(22)19-11-7-13-23(15-19)21(24)20-12-6-5-10-18(20)14-17-8-3-2-4-9-17/h2-6,8-10,12,16,19H,7,11,13-15,22H2,1H3/t16-,19-/m1/s1. The van der Waals surface area contributed by atoms with E-state index in [1.807, 2.05) is 48.2 Å². The van der Waals surface area contributed by atoms with E-state index in [9.17, 15) is 4.79 Å². The second-order valence-electron chi connectivity index (χ2n) is 6.83. The molecule has 0 aliphatic carbocycles. The summed E-state index contributed by atoms with van der Waals surface area (Å²) >= 11 is 0. The second-order valence-corrected chi connectivity index (χ2v) is 6.83. The predicted molar refractivity (Wildman–Crippen MR) is 98.0 cm³/mol. The highest BCUT2D eigenvalue weighted by molar-refractivity contribution is 5.95. The third-order valence-electron chi connectivity index (χ3n) is 4.97. The van der Waals surface area contributed by atoms with Gasteiger partial charge in [0.1, 0.15) is 0 Å². The average molecular weight is 322 g/mol. The Morgan fingerprint density at radius 1 is 1.17 bits per heavy atom. The number of hydrogen-bond acceptors (Lipinski definition) is 2. The fourth-order valence-electron chi connectivity index (χ4n) is 3.49. The highest BCUT2D eigenvalue weighted by Crippen LogP contribution is 2.22. The number of amides is 1. The van der Waals surface area contributed by atoms with E-state index >= 15 is 0 Å². The predicted octanol–water partition coefficient (Wildman–Crippen LogP) is 3.48. The van der Waals surface area contributed by atoms with Gasteiger partial charge in [0.25, 0.3) is 5.91 Å². The molecule has 1 fully saturated rings. The van der Waals surface area contributed by atoms with Gasteiger partial charge in [-0.05, 0) is 49.3 Å². The molecule has 2 aromatic carbocycles. The van der Waals surface area contributed by atoms with Crippen molar-refractivity contribution in [2.24, 2.45) is 11.7 Å². The van der Waals surface area contributed by atoms with Crippen LogP contribution in [0.1, 0.15) is 41.3 Å². The van der Waals surface area contributed by atoms with Gasteiger partial charge in [-0.1, -0.05) is 48.5 Å². The highest BCUT2D eigenvalue weighted by atomic mass is 16.2. The average Bonchev–Trinajstić information content (AvgIpc) is 2.62. The minimum absolute atomic E-state index is 0.139. The lowest BCUT2D eigenvalue weighted by molar-refractivity contribution is 0.0660. The van der Waals surface area contributed by atoms with Crippen molar-refractivity contribution in [1.29, 1.82) is 0 Å². The van der Waals surface area contributed by atoms with E-state index < -0.39 is 0 Å². The molecule has 1 amide bonds. The van der Waals surface area contributed by atoms with Gasteiger partial charge < -0.3 is 10.6 Å². The summed E-state index contributed by atoms with van der Waals surface area (Å²) in [5, 5.41) is 0. The van der Waals surface area contributed by atoms with Crippen LogP contribution in [0.2, 0.25) is 0 Å². The maximum Gasteiger partial charge on any atom is 0.254 e. The SMILES string of the molecule is C[C@@H](N)[C@@H]1CCCN(C(=O)c2ccccc2Cc2ccccc2)C1. The minimum Gasteiger partial charge on any atom is -0.338 e. The van der Waals surface area contributed by atoms with Gasteiger partial charge in [0.15, 0.2) is 0 Å². The second kappa shape index (κ2) is 7.63. The van der Waals surface area contributed by atoms with Gasteiger partial charge in [-0.2, -0.15) is 0 Å². The molecule has 3 rings (SSSR count). The van der Waals surface area contributed by atoms with Gasteiger partial charge in [0, 0.05) is 24.7 Å². The quantitative estimate of drug-likeness (QED) is 0.937. The monoisotopic (exact) mass is 322 g/mol. The number of likely N-dealkylation sites (tertiary alicyclic amines) is 1. The van der Waals surface area contributed by atoms with Crippen LogP contribution in [-0.2, 0) is 6.42 Å². The van der Waals surface area contributed by atoms with Crippen molar-refractivity contribution >= 4 is 5.91 Å². The van der Waals surface area contributed by atoms with Crippen LogP contribution in [0.4, 0.5) is 0 Å². The van der Waals surface area contributed by atoms with Gasteiger partial charge in [-0.25, -0.2) is 0 Å². The normalized spacial score (nSPS) is 19.1. The summed E-state index contributed by atoms with van der Waals surface area (Å²) in [4.78, 5) is 15.1. The summed E-state index contributed by atoms with van der Waals surface area (Å²) in [6.07, 6.45) is 2.94. The molecule has 1 heterocycles. The molecule has 0 bridgehead atoms. The van der Waals surface area contributed by atoms with E-state index in [0.29, 0.717) is 5.92 Å². The minimum atomic E-state index is 0.139. The molecule has 24 heavy (non-hydrogen) atoms. The Hall–Kier alpha value is -2.13. The number of hydrogen-bond donors (Lipinski definition) is 1. The molecule has 1 aliphatic rings. The van der Waals surface area contributed by atoms with Crippen LogP contribution in [0.15, 0.2) is 54.6 Å². The van der Waals surface area contributed by atoms with Crippen molar-refractivity contribution in [3.63, 3.8) is 0 Å². The Morgan fingerprint density at radius 3 is 2.62 bits per heavy atom. The first-order valence-electron chi connectivity index (χ1n) is 8.82. The molecule has 0 unspecified atom stereocenters. The Kier molecular flexibility index (Phi) is 5.31. The first-order valence-corrected chi connectivity index (χ1v) is 8.82. The van der Waals surface area contributed by atoms with E-state index in [1.54, 1.807) is 0 Å². The number of benzene rings is 2. The number of piperidine rings is 1. The Morgan fingerprint density at radius 2 is 1.88 bits per heavy atom. The number of nitrogens with two attached hydrogens (primary N) is 1. The van der Waals surface area contributed by atoms with Crippen molar-refractivity contribution in [1.82, 2.24) is 4.90 Å². The molecule has 3 nitrogen and oxygen atoms in total. The molecule has 126 valence electrons. The molecule has 2 atom stereocenters. The molecule has 1 saturated heterocycles. The first-order chi connectivity index (χ1) is 11.6. The zero-order valence-corrected chi connectivity index (χ0v) is 14.3. The van der Waals surface area contributed by atoms with E-state index in [2.05, 4.69) is 18.2 Å². The lowest BCUT2D eigenvalue weighted by Crippen LogP contribution is -2.45. The zero-order chi connectivity index (χ0) is 16.9. The van der Waals surface area contributed by atoms with Crippen LogP contribution in [-0.4, -0.2) is 29.9 Å². The van der Waals surface area contributed by atoms with Gasteiger partial charge >= 0.3 is 0 Å². The highest BCUT2D eigenvalue weighted by Gasteiger charge is 2.27. The summed E-state index contributed by atoms with van der Waals surface area (Å²) in [6.45, 7) is 3.65. The van der Waals surface area contributed by atoms with Crippen LogP contribution in [0.5, 0.6) is 0 Å². The number of carbonyl (C=O) groups excluding carboxylic acids is 1. The van der Waals surface area contributed by atoms with Crippen molar-refractivity contribution in [2.75, 3.05) is 13.1 Å². The van der Waals surface area contributed by atoms with Gasteiger partial charge in [0.05, 0.1) is 0 Å². The summed E-state index contributed by atoms with van der Waals surface area (Å²) in [7, 11) is 0. The Bertz CT molecular complexity index is 681. The molecule has 3 heteroatoms. The number of nitrogens with zero attached hydrogens (tertiary/aromatic N) is 1. The molecular weight excluding hydrogens is 296 g/mol. The van der Waals surface area contributed by atoms with Crippen LogP contribution in [0, 0.1) is 5.92 Å². The summed E-state index contributed by atoms with van der Waals surface area (Å²) in [5.41, 5.74) is 9.21. The Labute approximate surface area is 144 Å². The van der Waals surface area contributed by atoms with E-state index in [4.69, 9.17) is 5.73 Å². The van der Waals surface area contributed by atoms with E-state index in [0.717, 1.165) is 43.5 Å². The smallest absolute Gasteiger partial charge is 0.254 e. The number of rotatable bonds is 4. The molecule has 2 aromatic rings. The molecule has 2 N–H and O–H groups in total. The molecular formula is C21H26N2O. The fourth-order valence-corrected chi connectivity index (χ4v) is 3.49. The maximum atomic E-state index is 13.1. The maximum absolute atomic E-state index is 13.1. The first kappa shape index (κ1) is 16.7. The van der Waals surface area contributed by atoms with Crippen LogP contribution in [0.3, 0.4) is 0 Å². The topological polar surface area (TPSA) is 46.3 Å². The third-order valence-corrected chi connectivity index (χ3v) is 4.97. The van der Waals surface area contributed by atoms with Crippen molar-refractivity contribution in [3.8, 4) is 0 Å². The summed E-state index contributed by atoms with van der Waals surface area (Å²) in [6, 6.07) is 18.4. The van der Waals surface area contributed by atoms with Gasteiger partial charge in [-0.3, -0.25) is 4.79 Å². The van der Waals surface area contributed by atoms with Crippen LogP contribution < -0.4 is 5.73 Å². The van der Waals surface area contributed by atoms with Gasteiger partial charge in [-0.15, -0.1) is 0 Å². The molecule has 1 aliphatic heterocycles. The molecule has 0 saturated carbocycles. The summed E-state index contributed by atoms with van der Waals surface area (Å²) < 4.78 is 0. The lowest BCUT2D eigenvalue weighted by Gasteiger charge is -2.35.